The van der Waals surface area contributed by atoms with Gasteiger partial charge in [-0.3, -0.25) is 4.79 Å². The van der Waals surface area contributed by atoms with Crippen LogP contribution in [0.15, 0.2) is 48.5 Å². The number of hydrogen-bond acceptors (Lipinski definition) is 3. The average Bonchev–Trinajstić information content (AvgIpc) is 2.70. The Labute approximate surface area is 173 Å². The highest BCUT2D eigenvalue weighted by Crippen LogP contribution is 2.31. The normalized spacial score (nSPS) is 12.3. The van der Waals surface area contributed by atoms with Crippen LogP contribution in [0.4, 0.5) is 18.0 Å². The molecule has 3 N–H and O–H groups in total. The van der Waals surface area contributed by atoms with Crippen molar-refractivity contribution in [3.8, 4) is 11.1 Å². The number of hydrogen-bond donors (Lipinski definition) is 2. The molecule has 0 saturated heterocycles. The van der Waals surface area contributed by atoms with Crippen LogP contribution in [0.2, 0.25) is 0 Å². The fourth-order valence-electron chi connectivity index (χ4n) is 2.93. The van der Waals surface area contributed by atoms with E-state index in [1.165, 1.54) is 12.1 Å². The number of primary amides is 1. The van der Waals surface area contributed by atoms with E-state index >= 15 is 0 Å². The summed E-state index contributed by atoms with van der Waals surface area (Å²) in [5.41, 5.74) is 6.77. The highest BCUT2D eigenvalue weighted by Gasteiger charge is 2.29. The van der Waals surface area contributed by atoms with Crippen molar-refractivity contribution < 1.29 is 27.5 Å². The third-order valence-electron chi connectivity index (χ3n) is 4.58. The number of alkyl halides is 3. The Morgan fingerprint density at radius 3 is 2.10 bits per heavy atom. The topological polar surface area (TPSA) is 81.4 Å². The van der Waals surface area contributed by atoms with Crippen LogP contribution in [-0.2, 0) is 22.1 Å². The highest BCUT2D eigenvalue weighted by atomic mass is 19.4. The van der Waals surface area contributed by atoms with Crippen LogP contribution < -0.4 is 11.1 Å². The van der Waals surface area contributed by atoms with Gasteiger partial charge in [-0.15, -0.1) is 0 Å². The van der Waals surface area contributed by atoms with E-state index in [1.54, 1.807) is 0 Å². The lowest BCUT2D eigenvalue weighted by Crippen LogP contribution is -2.39. The largest absolute Gasteiger partial charge is 0.436 e. The molecule has 0 aliphatic carbocycles. The Morgan fingerprint density at radius 1 is 1.03 bits per heavy atom. The highest BCUT2D eigenvalue weighted by molar-refractivity contribution is 5.83. The molecule has 0 fully saturated rings. The quantitative estimate of drug-likeness (QED) is 0.615. The Kier molecular flexibility index (Phi) is 8.26. The Hall–Kier alpha value is -3.03. The molecule has 0 saturated carbocycles. The van der Waals surface area contributed by atoms with E-state index in [1.807, 2.05) is 31.2 Å². The van der Waals surface area contributed by atoms with Crippen molar-refractivity contribution >= 4 is 12.0 Å². The number of nitrogens with two attached hydrogens (primary N) is 1. The van der Waals surface area contributed by atoms with Gasteiger partial charge in [-0.1, -0.05) is 49.7 Å². The third kappa shape index (κ3) is 7.09. The number of ether oxygens (including phenoxy) is 1. The second-order valence-electron chi connectivity index (χ2n) is 6.88. The van der Waals surface area contributed by atoms with Crippen molar-refractivity contribution in [2.75, 3.05) is 6.54 Å². The first kappa shape index (κ1) is 23.3. The predicted molar refractivity (Wildman–Crippen MR) is 108 cm³/mol. The Morgan fingerprint density at radius 2 is 1.60 bits per heavy atom. The zero-order chi connectivity index (χ0) is 22.1. The number of unbranched alkanes of at least 4 members (excludes halogenated alkanes) is 1. The minimum atomic E-state index is -4.36. The maximum atomic E-state index is 12.7. The van der Waals surface area contributed by atoms with Gasteiger partial charge in [0.1, 0.15) is 0 Å². The van der Waals surface area contributed by atoms with Crippen molar-refractivity contribution in [2.24, 2.45) is 5.73 Å². The van der Waals surface area contributed by atoms with Gasteiger partial charge in [0.2, 0.25) is 0 Å². The van der Waals surface area contributed by atoms with E-state index in [0.717, 1.165) is 36.1 Å². The molecule has 5 nitrogen and oxygen atoms in total. The SMILES string of the molecule is CCCCC(OC(N)=O)C(=O)NCCc1ccc(-c2ccc(C(F)(F)F)cc2)cc1. The van der Waals surface area contributed by atoms with Gasteiger partial charge in [-0.05, 0) is 48.1 Å². The number of amides is 2. The number of carbonyl (C=O) groups excluding carboxylic acids is 2. The van der Waals surface area contributed by atoms with E-state index in [-0.39, 0.29) is 5.91 Å². The first-order valence-electron chi connectivity index (χ1n) is 9.71. The molecule has 0 heterocycles. The van der Waals surface area contributed by atoms with Crippen LogP contribution in [0.1, 0.15) is 37.3 Å². The summed E-state index contributed by atoms with van der Waals surface area (Å²) >= 11 is 0. The van der Waals surface area contributed by atoms with Crippen LogP contribution in [-0.4, -0.2) is 24.6 Å². The minimum Gasteiger partial charge on any atom is -0.436 e. The van der Waals surface area contributed by atoms with Crippen LogP contribution >= 0.6 is 0 Å². The summed E-state index contributed by atoms with van der Waals surface area (Å²) in [6.07, 6.45) is -3.68. The molecule has 1 unspecified atom stereocenters. The molecule has 0 radical (unpaired) electrons. The molecular weight excluding hydrogens is 397 g/mol. The molecule has 2 amide bonds. The summed E-state index contributed by atoms with van der Waals surface area (Å²) in [5.74, 6) is -0.386. The lowest BCUT2D eigenvalue weighted by Gasteiger charge is -2.16. The van der Waals surface area contributed by atoms with E-state index < -0.39 is 23.9 Å². The summed E-state index contributed by atoms with van der Waals surface area (Å²) < 4.78 is 42.9. The van der Waals surface area contributed by atoms with Gasteiger partial charge < -0.3 is 15.8 Å². The molecule has 2 aromatic rings. The van der Waals surface area contributed by atoms with E-state index in [2.05, 4.69) is 5.32 Å². The van der Waals surface area contributed by atoms with Crippen LogP contribution in [0.3, 0.4) is 0 Å². The summed E-state index contributed by atoms with van der Waals surface area (Å²) in [6, 6.07) is 12.3. The molecule has 0 aromatic heterocycles. The molecule has 30 heavy (non-hydrogen) atoms. The smallest absolute Gasteiger partial charge is 0.416 e. The summed E-state index contributed by atoms with van der Waals surface area (Å²) in [4.78, 5) is 23.1. The molecule has 0 bridgehead atoms. The lowest BCUT2D eigenvalue weighted by atomic mass is 10.0. The Bertz CT molecular complexity index is 834. The van der Waals surface area contributed by atoms with Gasteiger partial charge in [0.25, 0.3) is 5.91 Å². The number of benzene rings is 2. The van der Waals surface area contributed by atoms with Crippen molar-refractivity contribution in [3.63, 3.8) is 0 Å². The molecule has 2 rings (SSSR count). The molecule has 162 valence electrons. The zero-order valence-corrected chi connectivity index (χ0v) is 16.7. The van der Waals surface area contributed by atoms with Crippen molar-refractivity contribution in [3.05, 3.63) is 59.7 Å². The first-order valence-corrected chi connectivity index (χ1v) is 9.71. The third-order valence-corrected chi connectivity index (χ3v) is 4.58. The zero-order valence-electron chi connectivity index (χ0n) is 16.7. The summed E-state index contributed by atoms with van der Waals surface area (Å²) in [6.45, 7) is 2.32. The van der Waals surface area contributed by atoms with Crippen LogP contribution in [0.5, 0.6) is 0 Å². The van der Waals surface area contributed by atoms with Gasteiger partial charge in [0.15, 0.2) is 6.10 Å². The lowest BCUT2D eigenvalue weighted by molar-refractivity contribution is -0.137. The van der Waals surface area contributed by atoms with E-state index in [4.69, 9.17) is 10.5 Å². The van der Waals surface area contributed by atoms with E-state index in [9.17, 15) is 22.8 Å². The fourth-order valence-corrected chi connectivity index (χ4v) is 2.93. The molecule has 1 atom stereocenters. The molecule has 2 aromatic carbocycles. The standard InChI is InChI=1S/C22H25F3N2O3/c1-2-3-4-19(30-21(26)29)20(28)27-14-13-15-5-7-16(8-6-15)17-9-11-18(12-10-17)22(23,24)25/h5-12,19H,2-4,13-14H2,1H3,(H2,26,29)(H,27,28). The number of rotatable bonds is 9. The second-order valence-corrected chi connectivity index (χ2v) is 6.88. The second kappa shape index (κ2) is 10.7. The molecule has 0 spiro atoms. The molecule has 0 aliphatic rings. The minimum absolute atomic E-state index is 0.350. The average molecular weight is 422 g/mol. The van der Waals surface area contributed by atoms with Crippen molar-refractivity contribution in [2.45, 2.75) is 44.9 Å². The van der Waals surface area contributed by atoms with Gasteiger partial charge in [-0.25, -0.2) is 4.79 Å². The number of carbonyl (C=O) groups is 2. The van der Waals surface area contributed by atoms with Gasteiger partial charge >= 0.3 is 12.3 Å². The summed E-state index contributed by atoms with van der Waals surface area (Å²) in [5, 5.41) is 2.73. The summed E-state index contributed by atoms with van der Waals surface area (Å²) in [7, 11) is 0. The number of nitrogens with one attached hydrogen (secondary N) is 1. The van der Waals surface area contributed by atoms with Gasteiger partial charge in [0, 0.05) is 6.54 Å². The predicted octanol–water partition coefficient (Wildman–Crippen LogP) is 4.69. The van der Waals surface area contributed by atoms with Crippen LogP contribution in [0, 0.1) is 0 Å². The maximum absolute atomic E-state index is 12.7. The fraction of sp³-hybridized carbons (Fsp3) is 0.364. The first-order chi connectivity index (χ1) is 14.2. The molecular formula is C22H25F3N2O3. The van der Waals surface area contributed by atoms with E-state index in [0.29, 0.717) is 24.9 Å². The molecule has 8 heteroatoms. The van der Waals surface area contributed by atoms with Crippen molar-refractivity contribution in [1.82, 2.24) is 5.32 Å². The molecule has 0 aliphatic heterocycles. The maximum Gasteiger partial charge on any atom is 0.416 e. The van der Waals surface area contributed by atoms with Crippen molar-refractivity contribution in [1.29, 1.82) is 0 Å². The monoisotopic (exact) mass is 422 g/mol. The van der Waals surface area contributed by atoms with Crippen LogP contribution in [0.25, 0.3) is 11.1 Å². The Balaban J connectivity index is 1.89. The van der Waals surface area contributed by atoms with Gasteiger partial charge in [0.05, 0.1) is 5.56 Å². The van der Waals surface area contributed by atoms with Gasteiger partial charge in [-0.2, -0.15) is 13.2 Å². The number of halogens is 3.